The number of hydrogen-bond acceptors (Lipinski definition) is 3. The molecule has 0 saturated heterocycles. The van der Waals surface area contributed by atoms with Crippen molar-refractivity contribution in [3.05, 3.63) is 70.9 Å². The van der Waals surface area contributed by atoms with Gasteiger partial charge in [0, 0.05) is 23.2 Å². The van der Waals surface area contributed by atoms with E-state index in [2.05, 4.69) is 16.4 Å². The highest BCUT2D eigenvalue weighted by Crippen LogP contribution is 2.22. The van der Waals surface area contributed by atoms with Crippen LogP contribution in [0.25, 0.3) is 10.9 Å². The molecule has 21 heavy (non-hydrogen) atoms. The molecule has 0 unspecified atom stereocenters. The van der Waals surface area contributed by atoms with E-state index in [9.17, 15) is 0 Å². The first kappa shape index (κ1) is 13.4. The van der Waals surface area contributed by atoms with Crippen LogP contribution in [0, 0.1) is 11.3 Å². The van der Waals surface area contributed by atoms with Crippen molar-refractivity contribution >= 4 is 28.2 Å². The van der Waals surface area contributed by atoms with Gasteiger partial charge in [-0.15, -0.1) is 0 Å². The molecule has 3 nitrogen and oxygen atoms in total. The number of nitrogens with zero attached hydrogens (tertiary/aromatic N) is 2. The van der Waals surface area contributed by atoms with Gasteiger partial charge in [0.05, 0.1) is 16.8 Å². The van der Waals surface area contributed by atoms with E-state index < -0.39 is 0 Å². The van der Waals surface area contributed by atoms with Crippen LogP contribution in [0.2, 0.25) is 5.02 Å². The summed E-state index contributed by atoms with van der Waals surface area (Å²) in [4.78, 5) is 4.42. The molecule has 102 valence electrons. The van der Waals surface area contributed by atoms with Gasteiger partial charge in [-0.1, -0.05) is 35.9 Å². The highest BCUT2D eigenvalue weighted by molar-refractivity contribution is 6.30. The molecule has 0 aliphatic carbocycles. The third-order valence-corrected chi connectivity index (χ3v) is 3.52. The van der Waals surface area contributed by atoms with Crippen molar-refractivity contribution < 1.29 is 0 Å². The van der Waals surface area contributed by atoms with Crippen LogP contribution in [0.5, 0.6) is 0 Å². The van der Waals surface area contributed by atoms with Crippen LogP contribution in [0.1, 0.15) is 11.1 Å². The topological polar surface area (TPSA) is 48.7 Å². The Morgan fingerprint density at radius 1 is 1.14 bits per heavy atom. The van der Waals surface area contributed by atoms with Gasteiger partial charge in [-0.05, 0) is 29.8 Å². The van der Waals surface area contributed by atoms with E-state index in [-0.39, 0.29) is 0 Å². The average molecular weight is 294 g/mol. The van der Waals surface area contributed by atoms with Crippen LogP contribution >= 0.6 is 11.6 Å². The summed E-state index contributed by atoms with van der Waals surface area (Å²) < 4.78 is 0. The number of halogens is 1. The number of anilines is 1. The highest BCUT2D eigenvalue weighted by atomic mass is 35.5. The summed E-state index contributed by atoms with van der Waals surface area (Å²) in [5.74, 6) is 0. The summed E-state index contributed by atoms with van der Waals surface area (Å²) in [6.07, 6.45) is 1.79. The molecule has 0 saturated carbocycles. The van der Waals surface area contributed by atoms with Crippen molar-refractivity contribution in [1.29, 1.82) is 5.26 Å². The van der Waals surface area contributed by atoms with E-state index in [4.69, 9.17) is 16.9 Å². The van der Waals surface area contributed by atoms with Gasteiger partial charge in [-0.3, -0.25) is 4.98 Å². The summed E-state index contributed by atoms with van der Waals surface area (Å²) in [7, 11) is 0. The van der Waals surface area contributed by atoms with Gasteiger partial charge >= 0.3 is 0 Å². The van der Waals surface area contributed by atoms with Crippen LogP contribution < -0.4 is 5.32 Å². The third kappa shape index (κ3) is 2.81. The average Bonchev–Trinajstić information content (AvgIpc) is 2.53. The predicted molar refractivity (Wildman–Crippen MR) is 85.2 cm³/mol. The van der Waals surface area contributed by atoms with Crippen LogP contribution in [-0.2, 0) is 6.54 Å². The van der Waals surface area contributed by atoms with Crippen molar-refractivity contribution in [1.82, 2.24) is 4.98 Å². The van der Waals surface area contributed by atoms with Gasteiger partial charge in [-0.2, -0.15) is 5.26 Å². The number of nitrogens with one attached hydrogen (secondary N) is 1. The Labute approximate surface area is 127 Å². The first-order valence-electron chi connectivity index (χ1n) is 6.54. The minimum atomic E-state index is 0.538. The maximum atomic E-state index is 9.15. The van der Waals surface area contributed by atoms with Crippen molar-refractivity contribution in [3.8, 4) is 6.07 Å². The molecule has 0 atom stereocenters. The zero-order valence-electron chi connectivity index (χ0n) is 11.2. The minimum absolute atomic E-state index is 0.538. The first-order chi connectivity index (χ1) is 10.3. The molecule has 1 heterocycles. The predicted octanol–water partition coefficient (Wildman–Crippen LogP) is 4.37. The van der Waals surface area contributed by atoms with E-state index in [0.29, 0.717) is 17.1 Å². The number of aromatic nitrogens is 1. The highest BCUT2D eigenvalue weighted by Gasteiger charge is 2.05. The molecule has 4 heteroatoms. The molecule has 2 aromatic carbocycles. The molecule has 0 aliphatic heterocycles. The Morgan fingerprint density at radius 3 is 2.86 bits per heavy atom. The number of pyridine rings is 1. The van der Waals surface area contributed by atoms with Crippen LogP contribution in [0.3, 0.4) is 0 Å². The summed E-state index contributed by atoms with van der Waals surface area (Å²) in [6, 6.07) is 17.4. The monoisotopic (exact) mass is 293 g/mol. The lowest BCUT2D eigenvalue weighted by Crippen LogP contribution is -2.02. The van der Waals surface area contributed by atoms with Crippen molar-refractivity contribution in [2.45, 2.75) is 6.54 Å². The maximum absolute atomic E-state index is 9.15. The van der Waals surface area contributed by atoms with Crippen molar-refractivity contribution in [3.63, 3.8) is 0 Å². The van der Waals surface area contributed by atoms with Gasteiger partial charge in [-0.25, -0.2) is 0 Å². The summed E-state index contributed by atoms with van der Waals surface area (Å²) in [6.45, 7) is 0.602. The van der Waals surface area contributed by atoms with Crippen molar-refractivity contribution in [2.75, 3.05) is 5.32 Å². The molecule has 0 aliphatic rings. The molecule has 0 fully saturated rings. The number of rotatable bonds is 3. The third-order valence-electron chi connectivity index (χ3n) is 3.29. The molecule has 1 aromatic heterocycles. The van der Waals surface area contributed by atoms with E-state index in [0.717, 1.165) is 22.2 Å². The number of fused-ring (bicyclic) bond motifs is 1. The molecule has 1 N–H and O–H groups in total. The molecule has 0 amide bonds. The fraction of sp³-hybridized carbons (Fsp3) is 0.0588. The normalized spacial score (nSPS) is 10.3. The lowest BCUT2D eigenvalue weighted by Gasteiger charge is -2.10. The van der Waals surface area contributed by atoms with Crippen LogP contribution in [0.4, 0.5) is 5.69 Å². The van der Waals surface area contributed by atoms with E-state index in [1.165, 1.54) is 0 Å². The van der Waals surface area contributed by atoms with E-state index in [1.807, 2.05) is 36.4 Å². The maximum Gasteiger partial charge on any atom is 0.101 e. The minimum Gasteiger partial charge on any atom is -0.380 e. The molecule has 3 rings (SSSR count). The summed E-state index contributed by atoms with van der Waals surface area (Å²) >= 11 is 5.90. The Bertz CT molecular complexity index is 832. The Hall–Kier alpha value is -2.57. The number of benzene rings is 2. The molecule has 0 radical (unpaired) electrons. The van der Waals surface area contributed by atoms with Gasteiger partial charge in [0.1, 0.15) is 6.07 Å². The number of nitriles is 1. The lowest BCUT2D eigenvalue weighted by atomic mass is 10.1. The lowest BCUT2D eigenvalue weighted by molar-refractivity contribution is 1.15. The van der Waals surface area contributed by atoms with Gasteiger partial charge in [0.15, 0.2) is 0 Å². The quantitative estimate of drug-likeness (QED) is 0.780. The number of para-hydroxylation sites is 1. The Morgan fingerprint density at radius 2 is 2.00 bits per heavy atom. The number of hydrogen-bond donors (Lipinski definition) is 1. The van der Waals surface area contributed by atoms with Crippen LogP contribution in [0.15, 0.2) is 54.7 Å². The largest absolute Gasteiger partial charge is 0.380 e. The zero-order valence-corrected chi connectivity index (χ0v) is 11.9. The second kappa shape index (κ2) is 5.82. The SMILES string of the molecule is N#Cc1cc(Cl)ccc1NCc1cccc2cccnc12. The van der Waals surface area contributed by atoms with Crippen molar-refractivity contribution in [2.24, 2.45) is 0 Å². The smallest absolute Gasteiger partial charge is 0.101 e. The van der Waals surface area contributed by atoms with Gasteiger partial charge < -0.3 is 5.32 Å². The fourth-order valence-corrected chi connectivity index (χ4v) is 2.44. The second-order valence-corrected chi connectivity index (χ2v) is 5.08. The van der Waals surface area contributed by atoms with Gasteiger partial charge in [0.2, 0.25) is 0 Å². The molecule has 3 aromatic rings. The van der Waals surface area contributed by atoms with E-state index in [1.54, 1.807) is 18.3 Å². The Balaban J connectivity index is 1.89. The molecule has 0 spiro atoms. The fourth-order valence-electron chi connectivity index (χ4n) is 2.26. The summed E-state index contributed by atoms with van der Waals surface area (Å²) in [5.41, 5.74) is 3.37. The first-order valence-corrected chi connectivity index (χ1v) is 6.92. The molecular weight excluding hydrogens is 282 g/mol. The van der Waals surface area contributed by atoms with Crippen LogP contribution in [-0.4, -0.2) is 4.98 Å². The summed E-state index contributed by atoms with van der Waals surface area (Å²) in [5, 5.41) is 14.1. The molecular formula is C17H12ClN3. The molecule has 0 bridgehead atoms. The zero-order chi connectivity index (χ0) is 14.7. The van der Waals surface area contributed by atoms with E-state index >= 15 is 0 Å². The standard InChI is InChI=1S/C17H12ClN3/c18-15-6-7-16(14(9-15)10-19)21-11-13-4-1-3-12-5-2-8-20-17(12)13/h1-9,21H,11H2. The second-order valence-electron chi connectivity index (χ2n) is 4.65. The Kier molecular flexibility index (Phi) is 3.72. The van der Waals surface area contributed by atoms with Gasteiger partial charge in [0.25, 0.3) is 0 Å².